The summed E-state index contributed by atoms with van der Waals surface area (Å²) in [6, 6.07) is 9.27. The lowest BCUT2D eigenvalue weighted by molar-refractivity contribution is -0.385. The Labute approximate surface area is 138 Å². The molecule has 2 rings (SSSR count). The van der Waals surface area contributed by atoms with E-state index in [9.17, 15) is 19.7 Å². The number of nitriles is 1. The molecule has 0 saturated carbocycles. The average molecular weight is 377 g/mol. The van der Waals surface area contributed by atoms with Crippen LogP contribution in [0.25, 0.3) is 0 Å². The Morgan fingerprint density at radius 3 is 2.78 bits per heavy atom. The molecule has 2 aromatic rings. The van der Waals surface area contributed by atoms with Gasteiger partial charge in [-0.2, -0.15) is 5.26 Å². The molecule has 8 nitrogen and oxygen atoms in total. The summed E-state index contributed by atoms with van der Waals surface area (Å²) >= 11 is 3.26. The van der Waals surface area contributed by atoms with Crippen LogP contribution < -0.4 is 10.9 Å². The number of aromatic nitrogens is 1. The number of hydrogen-bond donors (Lipinski definition) is 1. The van der Waals surface area contributed by atoms with Gasteiger partial charge in [0.25, 0.3) is 11.2 Å². The van der Waals surface area contributed by atoms with Gasteiger partial charge in [-0.05, 0) is 18.2 Å². The summed E-state index contributed by atoms with van der Waals surface area (Å²) in [5.74, 6) is -0.547. The smallest absolute Gasteiger partial charge is 0.287 e. The molecule has 0 bridgehead atoms. The van der Waals surface area contributed by atoms with Gasteiger partial charge in [-0.25, -0.2) is 0 Å². The molecule has 9 heteroatoms. The van der Waals surface area contributed by atoms with Gasteiger partial charge in [-0.15, -0.1) is 0 Å². The summed E-state index contributed by atoms with van der Waals surface area (Å²) in [5, 5.41) is 22.2. The molecule has 0 fully saturated rings. The van der Waals surface area contributed by atoms with E-state index in [-0.39, 0.29) is 0 Å². The second-order valence-electron chi connectivity index (χ2n) is 4.47. The predicted molar refractivity (Wildman–Crippen MR) is 84.8 cm³/mol. The molecule has 0 spiro atoms. The van der Waals surface area contributed by atoms with Gasteiger partial charge in [0.05, 0.1) is 11.1 Å². The molecule has 23 heavy (non-hydrogen) atoms. The van der Waals surface area contributed by atoms with Crippen LogP contribution in [0.2, 0.25) is 0 Å². The van der Waals surface area contributed by atoms with Crippen molar-refractivity contribution in [1.29, 1.82) is 5.26 Å². The Balaban J connectivity index is 2.27. The Morgan fingerprint density at radius 2 is 2.17 bits per heavy atom. The first-order valence-corrected chi connectivity index (χ1v) is 7.04. The third-order valence-electron chi connectivity index (χ3n) is 2.83. The molecule has 1 aromatic carbocycles. The van der Waals surface area contributed by atoms with Crippen molar-refractivity contribution in [1.82, 2.24) is 4.57 Å². The maximum absolute atomic E-state index is 12.0. The Morgan fingerprint density at radius 1 is 1.43 bits per heavy atom. The standard InChI is InChI=1S/C14H9BrN4O4/c15-10-2-1-3-11(5-10)17-13(20)8-18-7-12(19(22)23)4-9(6-16)14(18)21/h1-5,7H,8H2,(H,17,20). The van der Waals surface area contributed by atoms with E-state index in [4.69, 9.17) is 5.26 Å². The molecule has 0 saturated heterocycles. The fourth-order valence-electron chi connectivity index (χ4n) is 1.84. The van der Waals surface area contributed by atoms with Crippen molar-refractivity contribution >= 4 is 33.2 Å². The van der Waals surface area contributed by atoms with Gasteiger partial charge in [-0.1, -0.05) is 22.0 Å². The number of pyridine rings is 1. The number of nitro groups is 1. The van der Waals surface area contributed by atoms with Crippen molar-refractivity contribution in [3.63, 3.8) is 0 Å². The second kappa shape index (κ2) is 6.85. The first kappa shape index (κ1) is 16.4. The van der Waals surface area contributed by atoms with Crippen LogP contribution in [0.5, 0.6) is 0 Å². The third-order valence-corrected chi connectivity index (χ3v) is 3.32. The summed E-state index contributed by atoms with van der Waals surface area (Å²) in [6.07, 6.45) is 0.934. The molecule has 0 aliphatic heterocycles. The van der Waals surface area contributed by atoms with Crippen LogP contribution >= 0.6 is 15.9 Å². The highest BCUT2D eigenvalue weighted by Gasteiger charge is 2.15. The number of rotatable bonds is 4. The van der Waals surface area contributed by atoms with Crippen molar-refractivity contribution in [3.8, 4) is 6.07 Å². The lowest BCUT2D eigenvalue weighted by Gasteiger charge is -2.08. The fourth-order valence-corrected chi connectivity index (χ4v) is 2.24. The van der Waals surface area contributed by atoms with E-state index in [1.807, 2.05) is 0 Å². The van der Waals surface area contributed by atoms with Crippen molar-refractivity contribution < 1.29 is 9.72 Å². The van der Waals surface area contributed by atoms with E-state index >= 15 is 0 Å². The van der Waals surface area contributed by atoms with Crippen molar-refractivity contribution in [3.05, 3.63) is 67.0 Å². The van der Waals surface area contributed by atoms with E-state index < -0.39 is 34.2 Å². The van der Waals surface area contributed by atoms with Crippen LogP contribution in [-0.4, -0.2) is 15.4 Å². The van der Waals surface area contributed by atoms with E-state index in [2.05, 4.69) is 21.2 Å². The quantitative estimate of drug-likeness (QED) is 0.646. The minimum absolute atomic E-state index is 0.394. The molecule has 116 valence electrons. The van der Waals surface area contributed by atoms with Crippen molar-refractivity contribution in [2.45, 2.75) is 6.54 Å². The summed E-state index contributed by atoms with van der Waals surface area (Å²) in [4.78, 5) is 34.0. The zero-order valence-electron chi connectivity index (χ0n) is 11.5. The van der Waals surface area contributed by atoms with E-state index in [0.717, 1.165) is 21.3 Å². The maximum atomic E-state index is 12.0. The zero-order chi connectivity index (χ0) is 17.0. The summed E-state index contributed by atoms with van der Waals surface area (Å²) in [7, 11) is 0. The number of benzene rings is 1. The fraction of sp³-hybridized carbons (Fsp3) is 0.0714. The molecule has 1 aromatic heterocycles. The zero-order valence-corrected chi connectivity index (χ0v) is 13.1. The molecule has 1 heterocycles. The number of nitrogens with zero attached hydrogens (tertiary/aromatic N) is 3. The third kappa shape index (κ3) is 4.02. The molecule has 0 atom stereocenters. The first-order valence-electron chi connectivity index (χ1n) is 6.25. The summed E-state index contributed by atoms with van der Waals surface area (Å²) in [5.41, 5.74) is -1.09. The highest BCUT2D eigenvalue weighted by atomic mass is 79.9. The lowest BCUT2D eigenvalue weighted by atomic mass is 10.2. The number of carbonyl (C=O) groups is 1. The second-order valence-corrected chi connectivity index (χ2v) is 5.39. The topological polar surface area (TPSA) is 118 Å². The predicted octanol–water partition coefficient (Wildman–Crippen LogP) is 2.03. The first-order chi connectivity index (χ1) is 10.9. The Hall–Kier alpha value is -2.99. The minimum Gasteiger partial charge on any atom is -0.324 e. The molecule has 0 aliphatic rings. The average Bonchev–Trinajstić information content (AvgIpc) is 2.49. The van der Waals surface area contributed by atoms with Gasteiger partial charge < -0.3 is 5.32 Å². The van der Waals surface area contributed by atoms with Crippen LogP contribution in [0.4, 0.5) is 11.4 Å². The Kier molecular flexibility index (Phi) is 4.88. The molecule has 1 N–H and O–H groups in total. The molecule has 0 unspecified atom stereocenters. The number of anilines is 1. The highest BCUT2D eigenvalue weighted by molar-refractivity contribution is 9.10. The number of hydrogen-bond acceptors (Lipinski definition) is 5. The highest BCUT2D eigenvalue weighted by Crippen LogP contribution is 2.15. The molecule has 1 amide bonds. The molecule has 0 radical (unpaired) electrons. The van der Waals surface area contributed by atoms with Gasteiger partial charge in [0, 0.05) is 16.2 Å². The molecule has 0 aliphatic carbocycles. The summed E-state index contributed by atoms with van der Waals surface area (Å²) < 4.78 is 1.60. The number of halogens is 1. The maximum Gasteiger partial charge on any atom is 0.287 e. The van der Waals surface area contributed by atoms with Crippen molar-refractivity contribution in [2.24, 2.45) is 0 Å². The van der Waals surface area contributed by atoms with Crippen molar-refractivity contribution in [2.75, 3.05) is 5.32 Å². The number of nitrogens with one attached hydrogen (secondary N) is 1. The Bertz CT molecular complexity index is 885. The van der Waals surface area contributed by atoms with Crippen LogP contribution in [0.15, 0.2) is 45.8 Å². The van der Waals surface area contributed by atoms with Gasteiger partial charge in [0.2, 0.25) is 5.91 Å². The van der Waals surface area contributed by atoms with Gasteiger partial charge in [-0.3, -0.25) is 24.3 Å². The van der Waals surface area contributed by atoms with Crippen LogP contribution in [0.1, 0.15) is 5.56 Å². The molecular formula is C14H9BrN4O4. The largest absolute Gasteiger partial charge is 0.324 e. The summed E-state index contributed by atoms with van der Waals surface area (Å²) in [6.45, 7) is -0.443. The minimum atomic E-state index is -0.762. The van der Waals surface area contributed by atoms with Gasteiger partial charge in [0.1, 0.15) is 18.2 Å². The van der Waals surface area contributed by atoms with Crippen LogP contribution in [0, 0.1) is 21.4 Å². The normalized spacial score (nSPS) is 9.91. The van der Waals surface area contributed by atoms with Crippen LogP contribution in [-0.2, 0) is 11.3 Å². The molecular weight excluding hydrogens is 368 g/mol. The van der Waals surface area contributed by atoms with E-state index in [0.29, 0.717) is 5.69 Å². The lowest BCUT2D eigenvalue weighted by Crippen LogP contribution is -2.29. The van der Waals surface area contributed by atoms with E-state index in [1.165, 1.54) is 0 Å². The van der Waals surface area contributed by atoms with Gasteiger partial charge in [0.15, 0.2) is 0 Å². The number of amides is 1. The van der Waals surface area contributed by atoms with E-state index in [1.54, 1.807) is 30.3 Å². The van der Waals surface area contributed by atoms with Gasteiger partial charge >= 0.3 is 0 Å². The van der Waals surface area contributed by atoms with Crippen LogP contribution in [0.3, 0.4) is 0 Å². The monoisotopic (exact) mass is 376 g/mol. The SMILES string of the molecule is N#Cc1cc([N+](=O)[O-])cn(CC(=O)Nc2cccc(Br)c2)c1=O. The number of carbonyl (C=O) groups excluding carboxylic acids is 1.